The number of benzene rings is 1. The van der Waals surface area contributed by atoms with Crippen molar-refractivity contribution in [1.82, 2.24) is 0 Å². The first-order chi connectivity index (χ1) is 9.86. The standard InChI is InChI=1S/C14H20N2O4S/c1-4-20-12-7-5-6-11(13(12)16(17)18)15-8-9-21(19)14(2,3)10-15/h5-7H,4,8-10H2,1-3H3. The van der Waals surface area contributed by atoms with Crippen molar-refractivity contribution >= 4 is 22.2 Å². The molecule has 6 nitrogen and oxygen atoms in total. The number of nitro groups is 1. The van der Waals surface area contributed by atoms with Crippen LogP contribution in [0.4, 0.5) is 11.4 Å². The first-order valence-corrected chi connectivity index (χ1v) is 8.22. The number of hydrogen-bond donors (Lipinski definition) is 0. The van der Waals surface area contributed by atoms with Crippen molar-refractivity contribution in [1.29, 1.82) is 0 Å². The molecule has 0 N–H and O–H groups in total. The van der Waals surface area contributed by atoms with Gasteiger partial charge in [-0.15, -0.1) is 0 Å². The lowest BCUT2D eigenvalue weighted by molar-refractivity contribution is -0.385. The van der Waals surface area contributed by atoms with E-state index in [2.05, 4.69) is 0 Å². The van der Waals surface area contributed by atoms with Crippen LogP contribution in [0.25, 0.3) is 0 Å². The van der Waals surface area contributed by atoms with E-state index in [0.717, 1.165) is 0 Å². The highest BCUT2D eigenvalue weighted by Gasteiger charge is 2.36. The lowest BCUT2D eigenvalue weighted by Gasteiger charge is -2.38. The van der Waals surface area contributed by atoms with E-state index in [1.807, 2.05) is 18.7 Å². The Balaban J connectivity index is 2.42. The predicted molar refractivity (Wildman–Crippen MR) is 83.6 cm³/mol. The van der Waals surface area contributed by atoms with Crippen LogP contribution in [0.15, 0.2) is 18.2 Å². The number of nitro benzene ring substituents is 1. The monoisotopic (exact) mass is 312 g/mol. The Kier molecular flexibility index (Phi) is 4.51. The lowest BCUT2D eigenvalue weighted by Crippen LogP contribution is -2.50. The molecule has 0 aromatic heterocycles. The summed E-state index contributed by atoms with van der Waals surface area (Å²) in [6, 6.07) is 5.09. The summed E-state index contributed by atoms with van der Waals surface area (Å²) in [5.74, 6) is 0.799. The summed E-state index contributed by atoms with van der Waals surface area (Å²) < 4.78 is 17.0. The average Bonchev–Trinajstić information content (AvgIpc) is 2.41. The number of ether oxygens (including phenoxy) is 1. The van der Waals surface area contributed by atoms with Gasteiger partial charge in [-0.2, -0.15) is 0 Å². The van der Waals surface area contributed by atoms with Gasteiger partial charge in [-0.05, 0) is 32.9 Å². The summed E-state index contributed by atoms with van der Waals surface area (Å²) >= 11 is 0. The van der Waals surface area contributed by atoms with Gasteiger partial charge in [0.25, 0.3) is 0 Å². The Morgan fingerprint density at radius 3 is 2.76 bits per heavy atom. The van der Waals surface area contributed by atoms with Crippen LogP contribution < -0.4 is 9.64 Å². The van der Waals surface area contributed by atoms with Gasteiger partial charge in [0.2, 0.25) is 0 Å². The van der Waals surface area contributed by atoms with Crippen LogP contribution in [-0.4, -0.2) is 39.3 Å². The Labute approximate surface area is 126 Å². The van der Waals surface area contributed by atoms with Crippen molar-refractivity contribution in [3.63, 3.8) is 0 Å². The summed E-state index contributed by atoms with van der Waals surface area (Å²) in [4.78, 5) is 13.0. The van der Waals surface area contributed by atoms with E-state index < -0.39 is 15.7 Å². The third-order valence-corrected chi connectivity index (χ3v) is 5.45. The normalized spacial score (nSPS) is 21.1. The topological polar surface area (TPSA) is 72.7 Å². The van der Waals surface area contributed by atoms with Crippen molar-refractivity contribution in [2.24, 2.45) is 0 Å². The first-order valence-electron chi connectivity index (χ1n) is 6.90. The third-order valence-electron chi connectivity index (χ3n) is 3.54. The molecular weight excluding hydrogens is 292 g/mol. The minimum Gasteiger partial charge on any atom is -0.487 e. The van der Waals surface area contributed by atoms with Gasteiger partial charge in [-0.1, -0.05) is 6.07 Å². The molecule has 0 bridgehead atoms. The summed E-state index contributed by atoms with van der Waals surface area (Å²) in [5, 5.41) is 11.4. The quantitative estimate of drug-likeness (QED) is 0.630. The minimum atomic E-state index is -0.914. The molecule has 0 aliphatic carbocycles. The molecule has 2 rings (SSSR count). The largest absolute Gasteiger partial charge is 0.487 e. The zero-order chi connectivity index (χ0) is 15.6. The van der Waals surface area contributed by atoms with E-state index in [0.29, 0.717) is 31.1 Å². The number of hydrogen-bond acceptors (Lipinski definition) is 5. The van der Waals surface area contributed by atoms with Gasteiger partial charge in [0.15, 0.2) is 5.75 Å². The van der Waals surface area contributed by atoms with Crippen molar-refractivity contribution in [3.8, 4) is 5.75 Å². The van der Waals surface area contributed by atoms with E-state index in [4.69, 9.17) is 4.74 Å². The third kappa shape index (κ3) is 3.18. The zero-order valence-electron chi connectivity index (χ0n) is 12.5. The maximum absolute atomic E-state index is 12.0. The predicted octanol–water partition coefficient (Wildman–Crippen LogP) is 2.34. The van der Waals surface area contributed by atoms with Crippen LogP contribution in [0.1, 0.15) is 20.8 Å². The fourth-order valence-corrected chi connectivity index (χ4v) is 3.75. The van der Waals surface area contributed by atoms with E-state index in [-0.39, 0.29) is 16.2 Å². The van der Waals surface area contributed by atoms with Gasteiger partial charge in [0, 0.05) is 29.6 Å². The summed E-state index contributed by atoms with van der Waals surface area (Å²) in [7, 11) is -0.914. The Hall–Kier alpha value is -1.63. The van der Waals surface area contributed by atoms with E-state index >= 15 is 0 Å². The highest BCUT2D eigenvalue weighted by Crippen LogP contribution is 2.39. The average molecular weight is 312 g/mol. The van der Waals surface area contributed by atoms with Crippen molar-refractivity contribution in [2.75, 3.05) is 30.3 Å². The van der Waals surface area contributed by atoms with Crippen LogP contribution in [0.2, 0.25) is 0 Å². The van der Waals surface area contributed by atoms with Crippen LogP contribution in [0.3, 0.4) is 0 Å². The molecule has 1 aliphatic rings. The summed E-state index contributed by atoms with van der Waals surface area (Å²) in [5.41, 5.74) is 0.526. The second kappa shape index (κ2) is 6.01. The highest BCUT2D eigenvalue weighted by atomic mass is 32.2. The van der Waals surface area contributed by atoms with E-state index in [1.165, 1.54) is 0 Å². The summed E-state index contributed by atoms with van der Waals surface area (Å²) in [6.07, 6.45) is 0. The molecule has 21 heavy (non-hydrogen) atoms. The highest BCUT2D eigenvalue weighted by molar-refractivity contribution is 7.86. The molecule has 1 unspecified atom stereocenters. The SMILES string of the molecule is CCOc1cccc(N2CCS(=O)C(C)(C)C2)c1[N+](=O)[O-]. The van der Waals surface area contributed by atoms with Gasteiger partial charge in [0.05, 0.1) is 16.3 Å². The molecule has 1 fully saturated rings. The minimum absolute atomic E-state index is 0.0113. The smallest absolute Gasteiger partial charge is 0.333 e. The Morgan fingerprint density at radius 1 is 1.48 bits per heavy atom. The maximum atomic E-state index is 12.0. The molecule has 1 atom stereocenters. The number of para-hydroxylation sites is 1. The Morgan fingerprint density at radius 2 is 2.19 bits per heavy atom. The fourth-order valence-electron chi connectivity index (χ4n) is 2.51. The molecule has 0 saturated carbocycles. The van der Waals surface area contributed by atoms with Gasteiger partial charge >= 0.3 is 5.69 Å². The van der Waals surface area contributed by atoms with E-state index in [9.17, 15) is 14.3 Å². The molecule has 1 aliphatic heterocycles. The fraction of sp³-hybridized carbons (Fsp3) is 0.571. The Bertz CT molecular complexity index is 574. The molecule has 1 heterocycles. The maximum Gasteiger partial charge on any atom is 0.333 e. The van der Waals surface area contributed by atoms with Gasteiger partial charge < -0.3 is 9.64 Å². The van der Waals surface area contributed by atoms with E-state index in [1.54, 1.807) is 25.1 Å². The van der Waals surface area contributed by atoms with Crippen molar-refractivity contribution < 1.29 is 13.9 Å². The zero-order valence-corrected chi connectivity index (χ0v) is 13.3. The molecular formula is C14H20N2O4S. The molecule has 0 amide bonds. The molecule has 116 valence electrons. The second-order valence-corrected chi connectivity index (χ2v) is 7.75. The lowest BCUT2D eigenvalue weighted by atomic mass is 10.1. The molecule has 1 aromatic rings. The van der Waals surface area contributed by atoms with Crippen LogP contribution in [-0.2, 0) is 10.8 Å². The number of anilines is 1. The number of nitrogens with zero attached hydrogens (tertiary/aromatic N) is 2. The van der Waals surface area contributed by atoms with Crippen LogP contribution in [0, 0.1) is 10.1 Å². The van der Waals surface area contributed by atoms with Crippen LogP contribution >= 0.6 is 0 Å². The first kappa shape index (κ1) is 15.8. The van der Waals surface area contributed by atoms with Crippen molar-refractivity contribution in [2.45, 2.75) is 25.5 Å². The van der Waals surface area contributed by atoms with Crippen LogP contribution in [0.5, 0.6) is 5.75 Å². The molecule has 1 aromatic carbocycles. The number of rotatable bonds is 4. The molecule has 0 spiro atoms. The van der Waals surface area contributed by atoms with Gasteiger partial charge in [-0.25, -0.2) is 0 Å². The van der Waals surface area contributed by atoms with Gasteiger partial charge in [-0.3, -0.25) is 14.3 Å². The van der Waals surface area contributed by atoms with Gasteiger partial charge in [0.1, 0.15) is 5.69 Å². The van der Waals surface area contributed by atoms with Crippen molar-refractivity contribution in [3.05, 3.63) is 28.3 Å². The molecule has 7 heteroatoms. The molecule has 0 radical (unpaired) electrons. The molecule has 1 saturated heterocycles. The summed E-state index contributed by atoms with van der Waals surface area (Å²) in [6.45, 7) is 7.09. The second-order valence-electron chi connectivity index (χ2n) is 5.54.